The molecular weight excluding hydrogens is 315 g/mol. The van der Waals surface area contributed by atoms with E-state index in [1.807, 2.05) is 6.07 Å². The molecule has 1 unspecified atom stereocenters. The number of aryl methyl sites for hydroxylation is 2. The van der Waals surface area contributed by atoms with Crippen molar-refractivity contribution in [3.8, 4) is 0 Å². The number of benzene rings is 1. The van der Waals surface area contributed by atoms with E-state index >= 15 is 0 Å². The second-order valence-electron chi connectivity index (χ2n) is 6.18. The molecule has 0 aromatic heterocycles. The van der Waals surface area contributed by atoms with Crippen LogP contribution in [0.1, 0.15) is 24.0 Å². The summed E-state index contributed by atoms with van der Waals surface area (Å²) in [6, 6.07) is 4.66. The summed E-state index contributed by atoms with van der Waals surface area (Å²) in [5, 5.41) is 0. The summed E-state index contributed by atoms with van der Waals surface area (Å²) in [4.78, 5) is 38.3. The number of ether oxygens (including phenoxy) is 1. The SMILES string of the molecule is Cc1ccc(CCC(=O)N2CCC(N3C(=O)COC3=O)C2)cc1F. The normalized spacial score (nSPS) is 20.7. The maximum atomic E-state index is 13.5. The molecule has 2 fully saturated rings. The van der Waals surface area contributed by atoms with Gasteiger partial charge in [-0.15, -0.1) is 0 Å². The Hall–Kier alpha value is -2.44. The summed E-state index contributed by atoms with van der Waals surface area (Å²) >= 11 is 0. The van der Waals surface area contributed by atoms with Crippen LogP contribution in [0.15, 0.2) is 18.2 Å². The van der Waals surface area contributed by atoms with Gasteiger partial charge in [-0.2, -0.15) is 0 Å². The number of halogens is 1. The maximum absolute atomic E-state index is 13.5. The van der Waals surface area contributed by atoms with Gasteiger partial charge in [0.15, 0.2) is 6.61 Å². The molecule has 0 aliphatic carbocycles. The molecule has 3 amide bonds. The monoisotopic (exact) mass is 334 g/mol. The molecule has 1 atom stereocenters. The molecule has 1 aromatic rings. The molecule has 1 aromatic carbocycles. The van der Waals surface area contributed by atoms with E-state index in [0.717, 1.165) is 10.5 Å². The first kappa shape index (κ1) is 16.4. The Morgan fingerprint density at radius 1 is 1.38 bits per heavy atom. The Kier molecular flexibility index (Phi) is 4.51. The first-order valence-corrected chi connectivity index (χ1v) is 7.97. The minimum atomic E-state index is -0.630. The van der Waals surface area contributed by atoms with Gasteiger partial charge in [0.25, 0.3) is 5.91 Å². The molecule has 0 radical (unpaired) electrons. The zero-order valence-electron chi connectivity index (χ0n) is 13.5. The Morgan fingerprint density at radius 2 is 2.17 bits per heavy atom. The van der Waals surface area contributed by atoms with Gasteiger partial charge < -0.3 is 9.64 Å². The summed E-state index contributed by atoms with van der Waals surface area (Å²) in [6.07, 6.45) is 0.663. The van der Waals surface area contributed by atoms with Gasteiger partial charge in [-0.25, -0.2) is 14.1 Å². The molecule has 2 saturated heterocycles. The zero-order valence-corrected chi connectivity index (χ0v) is 13.5. The second kappa shape index (κ2) is 6.59. The largest absolute Gasteiger partial charge is 0.439 e. The number of cyclic esters (lactones) is 1. The standard InChI is InChI=1S/C17H19FN2O4/c1-11-2-3-12(8-14(11)18)4-5-15(21)19-7-6-13(9-19)20-16(22)10-24-17(20)23/h2-3,8,13H,4-7,9-10H2,1H3. The minimum Gasteiger partial charge on any atom is -0.439 e. The van der Waals surface area contributed by atoms with Crippen LogP contribution in [0, 0.1) is 12.7 Å². The summed E-state index contributed by atoms with van der Waals surface area (Å²) in [5.74, 6) is -0.680. The summed E-state index contributed by atoms with van der Waals surface area (Å²) in [7, 11) is 0. The number of imide groups is 1. The highest BCUT2D eigenvalue weighted by molar-refractivity contribution is 5.98. The highest BCUT2D eigenvalue weighted by Crippen LogP contribution is 2.21. The Bertz CT molecular complexity index is 675. The molecule has 2 aliphatic rings. The molecule has 0 spiro atoms. The molecule has 0 saturated carbocycles. The van der Waals surface area contributed by atoms with Gasteiger partial charge in [-0.1, -0.05) is 12.1 Å². The minimum absolute atomic E-state index is 0.0569. The van der Waals surface area contributed by atoms with E-state index in [-0.39, 0.29) is 36.7 Å². The van der Waals surface area contributed by atoms with Gasteiger partial charge in [0.05, 0.1) is 6.04 Å². The Morgan fingerprint density at radius 3 is 2.83 bits per heavy atom. The van der Waals surface area contributed by atoms with Crippen LogP contribution < -0.4 is 0 Å². The van der Waals surface area contributed by atoms with Crippen LogP contribution >= 0.6 is 0 Å². The van der Waals surface area contributed by atoms with Gasteiger partial charge in [0, 0.05) is 19.5 Å². The van der Waals surface area contributed by atoms with Crippen molar-refractivity contribution in [2.45, 2.75) is 32.2 Å². The van der Waals surface area contributed by atoms with E-state index < -0.39 is 6.09 Å². The number of carbonyl (C=O) groups is 3. The van der Waals surface area contributed by atoms with Crippen LogP contribution in [0.2, 0.25) is 0 Å². The van der Waals surface area contributed by atoms with Crippen molar-refractivity contribution in [2.75, 3.05) is 19.7 Å². The van der Waals surface area contributed by atoms with Crippen molar-refractivity contribution in [2.24, 2.45) is 0 Å². The zero-order chi connectivity index (χ0) is 17.3. The van der Waals surface area contributed by atoms with Crippen LogP contribution in [0.25, 0.3) is 0 Å². The van der Waals surface area contributed by atoms with Gasteiger partial charge in [-0.3, -0.25) is 9.59 Å². The molecule has 0 bridgehead atoms. The third-order valence-corrected chi connectivity index (χ3v) is 4.53. The number of hydrogen-bond acceptors (Lipinski definition) is 4. The molecule has 2 heterocycles. The number of amides is 3. The van der Waals surface area contributed by atoms with E-state index in [1.165, 1.54) is 6.07 Å². The summed E-state index contributed by atoms with van der Waals surface area (Å²) in [5.41, 5.74) is 1.36. The highest BCUT2D eigenvalue weighted by atomic mass is 19.1. The Balaban J connectivity index is 1.54. The van der Waals surface area contributed by atoms with Crippen molar-refractivity contribution >= 4 is 17.9 Å². The first-order valence-electron chi connectivity index (χ1n) is 7.97. The van der Waals surface area contributed by atoms with E-state index in [4.69, 9.17) is 4.74 Å². The fraction of sp³-hybridized carbons (Fsp3) is 0.471. The number of nitrogens with zero attached hydrogens (tertiary/aromatic N) is 2. The maximum Gasteiger partial charge on any atom is 0.417 e. The molecular formula is C17H19FN2O4. The number of carbonyl (C=O) groups excluding carboxylic acids is 3. The highest BCUT2D eigenvalue weighted by Gasteiger charge is 2.41. The quantitative estimate of drug-likeness (QED) is 0.840. The molecule has 7 heteroatoms. The molecule has 3 rings (SSSR count). The van der Waals surface area contributed by atoms with Gasteiger partial charge in [0.1, 0.15) is 5.82 Å². The topological polar surface area (TPSA) is 66.9 Å². The third-order valence-electron chi connectivity index (χ3n) is 4.53. The van der Waals surface area contributed by atoms with E-state index in [1.54, 1.807) is 17.9 Å². The average Bonchev–Trinajstić information content (AvgIpc) is 3.15. The van der Waals surface area contributed by atoms with Crippen molar-refractivity contribution in [1.29, 1.82) is 0 Å². The summed E-state index contributed by atoms with van der Waals surface area (Å²) in [6.45, 7) is 2.31. The molecule has 6 nitrogen and oxygen atoms in total. The van der Waals surface area contributed by atoms with Crippen LogP contribution in [0.4, 0.5) is 9.18 Å². The van der Waals surface area contributed by atoms with Crippen LogP contribution in [0.3, 0.4) is 0 Å². The van der Waals surface area contributed by atoms with Crippen LogP contribution in [0.5, 0.6) is 0 Å². The second-order valence-corrected chi connectivity index (χ2v) is 6.18. The third kappa shape index (κ3) is 3.25. The lowest BCUT2D eigenvalue weighted by Crippen LogP contribution is -2.42. The lowest BCUT2D eigenvalue weighted by atomic mass is 10.1. The molecule has 24 heavy (non-hydrogen) atoms. The lowest BCUT2D eigenvalue weighted by Gasteiger charge is -2.20. The van der Waals surface area contributed by atoms with Crippen LogP contribution in [-0.2, 0) is 20.7 Å². The van der Waals surface area contributed by atoms with Gasteiger partial charge in [0.2, 0.25) is 5.91 Å². The van der Waals surface area contributed by atoms with E-state index in [0.29, 0.717) is 31.5 Å². The number of rotatable bonds is 4. The molecule has 2 aliphatic heterocycles. The van der Waals surface area contributed by atoms with Crippen molar-refractivity contribution < 1.29 is 23.5 Å². The van der Waals surface area contributed by atoms with E-state index in [9.17, 15) is 18.8 Å². The number of likely N-dealkylation sites (tertiary alicyclic amines) is 1. The average molecular weight is 334 g/mol. The first-order chi connectivity index (χ1) is 11.5. The fourth-order valence-corrected chi connectivity index (χ4v) is 3.10. The predicted octanol–water partition coefficient (Wildman–Crippen LogP) is 1.65. The lowest BCUT2D eigenvalue weighted by molar-refractivity contribution is -0.131. The molecule has 0 N–H and O–H groups in total. The fourth-order valence-electron chi connectivity index (χ4n) is 3.10. The number of hydrogen-bond donors (Lipinski definition) is 0. The summed E-state index contributed by atoms with van der Waals surface area (Å²) < 4.78 is 18.2. The molecule has 128 valence electrons. The van der Waals surface area contributed by atoms with E-state index in [2.05, 4.69) is 0 Å². The smallest absolute Gasteiger partial charge is 0.417 e. The predicted molar refractivity (Wildman–Crippen MR) is 82.6 cm³/mol. The van der Waals surface area contributed by atoms with Crippen LogP contribution in [-0.4, -0.2) is 53.4 Å². The Labute approximate surface area is 139 Å². The van der Waals surface area contributed by atoms with Crippen molar-refractivity contribution in [3.05, 3.63) is 35.1 Å². The van der Waals surface area contributed by atoms with Gasteiger partial charge >= 0.3 is 6.09 Å². The van der Waals surface area contributed by atoms with Crippen molar-refractivity contribution in [1.82, 2.24) is 9.80 Å². The van der Waals surface area contributed by atoms with Crippen molar-refractivity contribution in [3.63, 3.8) is 0 Å². The van der Waals surface area contributed by atoms with Gasteiger partial charge in [-0.05, 0) is 37.0 Å².